The van der Waals surface area contributed by atoms with Gasteiger partial charge in [-0.3, -0.25) is 0 Å². The lowest BCUT2D eigenvalue weighted by Gasteiger charge is -2.11. The van der Waals surface area contributed by atoms with Gasteiger partial charge in [0, 0.05) is 36.3 Å². The number of hydrogen-bond acceptors (Lipinski definition) is 3. The highest BCUT2D eigenvalue weighted by atomic mass is 19.1. The number of benzene rings is 1. The van der Waals surface area contributed by atoms with Crippen molar-refractivity contribution in [3.63, 3.8) is 0 Å². The van der Waals surface area contributed by atoms with Crippen LogP contribution in [0.3, 0.4) is 0 Å². The van der Waals surface area contributed by atoms with Gasteiger partial charge in [-0.2, -0.15) is 0 Å². The lowest BCUT2D eigenvalue weighted by Crippen LogP contribution is -2.16. The molecule has 0 spiro atoms. The van der Waals surface area contributed by atoms with E-state index in [0.29, 0.717) is 18.2 Å². The van der Waals surface area contributed by atoms with Gasteiger partial charge in [-0.15, -0.1) is 0 Å². The van der Waals surface area contributed by atoms with Crippen LogP contribution in [0.15, 0.2) is 30.5 Å². The first kappa shape index (κ1) is 13.9. The minimum absolute atomic E-state index is 0.0146. The van der Waals surface area contributed by atoms with E-state index in [-0.39, 0.29) is 11.6 Å². The number of ether oxygens (including phenoxy) is 1. The molecule has 1 aliphatic rings. The van der Waals surface area contributed by atoms with Crippen LogP contribution in [0.2, 0.25) is 0 Å². The molecule has 0 atom stereocenters. The maximum atomic E-state index is 13.3. The third kappa shape index (κ3) is 3.72. The smallest absolute Gasteiger partial charge is 0.223 e. The van der Waals surface area contributed by atoms with Crippen LogP contribution in [0.5, 0.6) is 11.6 Å². The van der Waals surface area contributed by atoms with Crippen molar-refractivity contribution >= 4 is 0 Å². The number of nitrogens with one attached hydrogen (secondary N) is 1. The van der Waals surface area contributed by atoms with Crippen molar-refractivity contribution in [3.05, 3.63) is 53.5 Å². The molecule has 1 N–H and O–H groups in total. The molecule has 1 aromatic heterocycles. The highest BCUT2D eigenvalue weighted by Crippen LogP contribution is 2.26. The standard InChI is InChI=1S/C15H13F3N2O/c16-10-4-11(17)6-14(5-10)21-15-9(3-12(18)8-20-15)7-19-13-1-2-13/h3-6,8,13,19H,1-2,7H2. The zero-order chi connectivity index (χ0) is 14.8. The van der Waals surface area contributed by atoms with Gasteiger partial charge < -0.3 is 10.1 Å². The Balaban J connectivity index is 1.82. The van der Waals surface area contributed by atoms with Gasteiger partial charge in [0.2, 0.25) is 5.88 Å². The number of pyridine rings is 1. The summed E-state index contributed by atoms with van der Waals surface area (Å²) in [6, 6.07) is 4.58. The van der Waals surface area contributed by atoms with Crippen LogP contribution in [0, 0.1) is 17.5 Å². The summed E-state index contributed by atoms with van der Waals surface area (Å²) in [5.41, 5.74) is 0.506. The summed E-state index contributed by atoms with van der Waals surface area (Å²) in [6.07, 6.45) is 3.19. The average Bonchev–Trinajstić information content (AvgIpc) is 3.22. The lowest BCUT2D eigenvalue weighted by atomic mass is 10.2. The Morgan fingerprint density at radius 1 is 1.05 bits per heavy atom. The molecule has 1 heterocycles. The molecule has 0 saturated heterocycles. The van der Waals surface area contributed by atoms with Gasteiger partial charge in [0.25, 0.3) is 0 Å². The van der Waals surface area contributed by atoms with E-state index < -0.39 is 17.5 Å². The summed E-state index contributed by atoms with van der Waals surface area (Å²) in [7, 11) is 0. The van der Waals surface area contributed by atoms with Gasteiger partial charge in [-0.05, 0) is 18.9 Å². The molecular weight excluding hydrogens is 281 g/mol. The van der Waals surface area contributed by atoms with E-state index in [9.17, 15) is 13.2 Å². The quantitative estimate of drug-likeness (QED) is 0.916. The van der Waals surface area contributed by atoms with Crippen molar-refractivity contribution in [2.75, 3.05) is 0 Å². The third-order valence-corrected chi connectivity index (χ3v) is 3.10. The summed E-state index contributed by atoms with van der Waals surface area (Å²) < 4.78 is 45.0. The molecule has 2 aromatic rings. The van der Waals surface area contributed by atoms with Crippen LogP contribution >= 0.6 is 0 Å². The summed E-state index contributed by atoms with van der Waals surface area (Å²) >= 11 is 0. The first-order valence-electron chi connectivity index (χ1n) is 6.62. The topological polar surface area (TPSA) is 34.1 Å². The van der Waals surface area contributed by atoms with Crippen molar-refractivity contribution < 1.29 is 17.9 Å². The van der Waals surface area contributed by atoms with Gasteiger partial charge >= 0.3 is 0 Å². The molecule has 0 bridgehead atoms. The molecule has 110 valence electrons. The minimum Gasteiger partial charge on any atom is -0.438 e. The van der Waals surface area contributed by atoms with Gasteiger partial charge in [0.05, 0.1) is 6.20 Å². The second kappa shape index (κ2) is 5.73. The molecule has 21 heavy (non-hydrogen) atoms. The van der Waals surface area contributed by atoms with Crippen LogP contribution in [0.4, 0.5) is 13.2 Å². The first-order chi connectivity index (χ1) is 10.1. The highest BCUT2D eigenvalue weighted by molar-refractivity contribution is 5.33. The zero-order valence-corrected chi connectivity index (χ0v) is 11.1. The highest BCUT2D eigenvalue weighted by Gasteiger charge is 2.21. The molecule has 0 radical (unpaired) electrons. The van der Waals surface area contributed by atoms with Crippen molar-refractivity contribution in [2.24, 2.45) is 0 Å². The van der Waals surface area contributed by atoms with Crippen LogP contribution in [-0.4, -0.2) is 11.0 Å². The number of halogens is 3. The Kier molecular flexibility index (Phi) is 3.79. The maximum Gasteiger partial charge on any atom is 0.223 e. The number of aromatic nitrogens is 1. The molecule has 1 aromatic carbocycles. The summed E-state index contributed by atoms with van der Waals surface area (Å²) in [5, 5.41) is 3.21. The molecule has 0 aliphatic heterocycles. The normalized spacial score (nSPS) is 14.2. The number of hydrogen-bond donors (Lipinski definition) is 1. The van der Waals surface area contributed by atoms with Gasteiger partial charge in [-0.25, -0.2) is 18.2 Å². The number of rotatable bonds is 5. The minimum atomic E-state index is -0.746. The molecule has 3 nitrogen and oxygen atoms in total. The van der Waals surface area contributed by atoms with E-state index >= 15 is 0 Å². The molecule has 1 saturated carbocycles. The van der Waals surface area contributed by atoms with Gasteiger partial charge in [0.1, 0.15) is 23.2 Å². The molecule has 0 unspecified atom stereocenters. The molecule has 0 amide bonds. The van der Waals surface area contributed by atoms with Crippen LogP contribution in [0.1, 0.15) is 18.4 Å². The molecule has 3 rings (SSSR count). The average molecular weight is 294 g/mol. The Labute approximate surface area is 119 Å². The van der Waals surface area contributed by atoms with Crippen molar-refractivity contribution in [3.8, 4) is 11.6 Å². The fourth-order valence-electron chi connectivity index (χ4n) is 1.93. The third-order valence-electron chi connectivity index (χ3n) is 3.10. The summed E-state index contributed by atoms with van der Waals surface area (Å²) in [4.78, 5) is 3.85. The van der Waals surface area contributed by atoms with E-state index in [0.717, 1.165) is 37.2 Å². The second-order valence-electron chi connectivity index (χ2n) is 4.98. The van der Waals surface area contributed by atoms with Crippen molar-refractivity contribution in [1.82, 2.24) is 10.3 Å². The van der Waals surface area contributed by atoms with E-state index in [2.05, 4.69) is 10.3 Å². The van der Waals surface area contributed by atoms with E-state index in [1.165, 1.54) is 6.07 Å². The molecule has 1 fully saturated rings. The monoisotopic (exact) mass is 294 g/mol. The van der Waals surface area contributed by atoms with E-state index in [1.807, 2.05) is 0 Å². The maximum absolute atomic E-state index is 13.3. The predicted molar refractivity (Wildman–Crippen MR) is 70.5 cm³/mol. The molecular formula is C15H13F3N2O. The Bertz CT molecular complexity index is 639. The fraction of sp³-hybridized carbons (Fsp3) is 0.267. The fourth-order valence-corrected chi connectivity index (χ4v) is 1.93. The van der Waals surface area contributed by atoms with Crippen LogP contribution in [0.25, 0.3) is 0 Å². The van der Waals surface area contributed by atoms with Crippen molar-refractivity contribution in [2.45, 2.75) is 25.4 Å². The summed E-state index contributed by atoms with van der Waals surface area (Å²) in [6.45, 7) is 0.391. The SMILES string of the molecule is Fc1cc(F)cc(Oc2ncc(F)cc2CNC2CC2)c1. The summed E-state index contributed by atoms with van der Waals surface area (Å²) in [5.74, 6) is -1.86. The van der Waals surface area contributed by atoms with E-state index in [4.69, 9.17) is 4.74 Å². The number of nitrogens with zero attached hydrogens (tertiary/aromatic N) is 1. The first-order valence-corrected chi connectivity index (χ1v) is 6.62. The molecule has 1 aliphatic carbocycles. The second-order valence-corrected chi connectivity index (χ2v) is 4.98. The van der Waals surface area contributed by atoms with Crippen LogP contribution < -0.4 is 10.1 Å². The van der Waals surface area contributed by atoms with Gasteiger partial charge in [-0.1, -0.05) is 0 Å². The Hall–Kier alpha value is -2.08. The zero-order valence-electron chi connectivity index (χ0n) is 11.1. The van der Waals surface area contributed by atoms with Crippen LogP contribution in [-0.2, 0) is 6.54 Å². The molecule has 6 heteroatoms. The largest absolute Gasteiger partial charge is 0.438 e. The van der Waals surface area contributed by atoms with E-state index in [1.54, 1.807) is 0 Å². The Morgan fingerprint density at radius 2 is 1.76 bits per heavy atom. The van der Waals surface area contributed by atoms with Gasteiger partial charge in [0.15, 0.2) is 0 Å². The predicted octanol–water partition coefficient (Wildman–Crippen LogP) is 3.54. The van der Waals surface area contributed by atoms with Crippen molar-refractivity contribution in [1.29, 1.82) is 0 Å². The Morgan fingerprint density at radius 3 is 2.43 bits per heavy atom. The lowest BCUT2D eigenvalue weighted by molar-refractivity contribution is 0.439.